The Hall–Kier alpha value is -0.810. The molecule has 6 heteroatoms. The topological polar surface area (TPSA) is 59.1 Å². The lowest BCUT2D eigenvalue weighted by Crippen LogP contribution is -2.19. The molecule has 0 aliphatic rings. The summed E-state index contributed by atoms with van der Waals surface area (Å²) in [6.07, 6.45) is 0. The van der Waals surface area contributed by atoms with Crippen molar-refractivity contribution in [3.8, 4) is 5.75 Å². The lowest BCUT2D eigenvalue weighted by Gasteiger charge is -2.07. The number of halogens is 3. The molecule has 0 unspecified atom stereocenters. The minimum atomic E-state index is -0.576. The van der Waals surface area contributed by atoms with E-state index in [0.717, 1.165) is 6.07 Å². The summed E-state index contributed by atoms with van der Waals surface area (Å²) in [6, 6.07) is 2.52. The van der Waals surface area contributed by atoms with Gasteiger partial charge in [0.1, 0.15) is 24.0 Å². The molecule has 1 aromatic rings. The number of amidine groups is 1. The zero-order valence-electron chi connectivity index (χ0n) is 6.98. The normalized spacial score (nSPS) is 9.93. The Morgan fingerprint density at radius 3 is 2.86 bits per heavy atom. The van der Waals surface area contributed by atoms with Gasteiger partial charge in [-0.25, -0.2) is 4.39 Å². The van der Waals surface area contributed by atoms with E-state index in [-0.39, 0.29) is 23.2 Å². The number of nitrogens with two attached hydrogens (primary N) is 1. The van der Waals surface area contributed by atoms with Gasteiger partial charge in [-0.1, -0.05) is 11.6 Å². The summed E-state index contributed by atoms with van der Waals surface area (Å²) in [5, 5.41) is 6.93. The number of hydrogen-bond acceptors (Lipinski definition) is 2. The average Bonchev–Trinajstić information content (AvgIpc) is 2.09. The number of ether oxygens (including phenoxy) is 1. The van der Waals surface area contributed by atoms with Gasteiger partial charge in [-0.2, -0.15) is 0 Å². The fourth-order valence-electron chi connectivity index (χ4n) is 0.770. The van der Waals surface area contributed by atoms with Crippen LogP contribution in [-0.4, -0.2) is 12.4 Å². The quantitative estimate of drug-likeness (QED) is 0.508. The highest BCUT2D eigenvalue weighted by atomic mass is 79.9. The van der Waals surface area contributed by atoms with Crippen LogP contribution in [0.1, 0.15) is 0 Å². The highest BCUT2D eigenvalue weighted by Crippen LogP contribution is 2.30. The fourth-order valence-corrected chi connectivity index (χ4v) is 1.52. The van der Waals surface area contributed by atoms with E-state index in [1.165, 1.54) is 6.07 Å². The number of nitrogens with one attached hydrogen (secondary N) is 1. The van der Waals surface area contributed by atoms with Crippen molar-refractivity contribution in [2.45, 2.75) is 0 Å². The van der Waals surface area contributed by atoms with Crippen LogP contribution in [0.4, 0.5) is 4.39 Å². The largest absolute Gasteiger partial charge is 0.484 e. The van der Waals surface area contributed by atoms with Gasteiger partial charge in [0.05, 0.1) is 9.50 Å². The Morgan fingerprint density at radius 2 is 2.29 bits per heavy atom. The van der Waals surface area contributed by atoms with E-state index in [2.05, 4.69) is 15.9 Å². The Morgan fingerprint density at radius 1 is 1.64 bits per heavy atom. The molecule has 0 radical (unpaired) electrons. The van der Waals surface area contributed by atoms with Gasteiger partial charge in [-0.05, 0) is 22.0 Å². The molecule has 0 spiro atoms. The maximum Gasteiger partial charge on any atom is 0.145 e. The first-order valence-electron chi connectivity index (χ1n) is 3.61. The summed E-state index contributed by atoms with van der Waals surface area (Å²) >= 11 is 8.67. The molecule has 0 aliphatic carbocycles. The molecule has 0 saturated heterocycles. The Balaban J connectivity index is 2.87. The van der Waals surface area contributed by atoms with Crippen LogP contribution in [0.2, 0.25) is 5.02 Å². The molecule has 0 bridgehead atoms. The van der Waals surface area contributed by atoms with Crippen molar-refractivity contribution >= 4 is 33.4 Å². The van der Waals surface area contributed by atoms with Gasteiger partial charge in [0.2, 0.25) is 0 Å². The molecule has 0 amide bonds. The molecule has 1 aromatic carbocycles. The molecular weight excluding hydrogens is 274 g/mol. The third-order valence-corrected chi connectivity index (χ3v) is 2.27. The first kappa shape index (κ1) is 11.3. The molecule has 0 heterocycles. The monoisotopic (exact) mass is 280 g/mol. The SMILES string of the molecule is N=C(N)COc1cc(F)c(Cl)cc1Br. The van der Waals surface area contributed by atoms with Gasteiger partial charge in [-0.3, -0.25) is 5.41 Å². The van der Waals surface area contributed by atoms with Crippen molar-refractivity contribution in [2.24, 2.45) is 5.73 Å². The van der Waals surface area contributed by atoms with E-state index in [1.54, 1.807) is 0 Å². The first-order chi connectivity index (χ1) is 6.50. The highest BCUT2D eigenvalue weighted by Gasteiger charge is 2.07. The molecule has 0 aromatic heterocycles. The lowest BCUT2D eigenvalue weighted by molar-refractivity contribution is 0.369. The van der Waals surface area contributed by atoms with Crippen molar-refractivity contribution < 1.29 is 9.13 Å². The van der Waals surface area contributed by atoms with Gasteiger partial charge in [0, 0.05) is 6.07 Å². The van der Waals surface area contributed by atoms with Crippen LogP contribution in [0.25, 0.3) is 0 Å². The Bertz CT molecular complexity index is 373. The van der Waals surface area contributed by atoms with Crippen LogP contribution in [0.5, 0.6) is 5.75 Å². The van der Waals surface area contributed by atoms with Crippen LogP contribution in [0.3, 0.4) is 0 Å². The summed E-state index contributed by atoms with van der Waals surface area (Å²) in [5.74, 6) is -0.442. The third-order valence-electron chi connectivity index (χ3n) is 1.36. The van der Waals surface area contributed by atoms with Crippen molar-refractivity contribution in [1.29, 1.82) is 5.41 Å². The zero-order chi connectivity index (χ0) is 10.7. The van der Waals surface area contributed by atoms with Gasteiger partial charge >= 0.3 is 0 Å². The predicted octanol–water partition coefficient (Wildman–Crippen LogP) is 2.56. The molecule has 0 saturated carbocycles. The molecule has 1 rings (SSSR count). The van der Waals surface area contributed by atoms with Crippen LogP contribution in [0.15, 0.2) is 16.6 Å². The predicted molar refractivity (Wildman–Crippen MR) is 56.5 cm³/mol. The van der Waals surface area contributed by atoms with E-state index < -0.39 is 5.82 Å². The van der Waals surface area contributed by atoms with E-state index in [9.17, 15) is 4.39 Å². The summed E-state index contributed by atoms with van der Waals surface area (Å²) in [7, 11) is 0. The van der Waals surface area contributed by atoms with Crippen LogP contribution in [-0.2, 0) is 0 Å². The zero-order valence-corrected chi connectivity index (χ0v) is 9.32. The maximum atomic E-state index is 13.0. The smallest absolute Gasteiger partial charge is 0.145 e. The Labute approximate surface area is 93.6 Å². The molecular formula is C8H7BrClFN2O. The summed E-state index contributed by atoms with van der Waals surface area (Å²) < 4.78 is 18.5. The van der Waals surface area contributed by atoms with E-state index in [1.807, 2.05) is 0 Å². The van der Waals surface area contributed by atoms with Gasteiger partial charge in [-0.15, -0.1) is 0 Å². The average molecular weight is 282 g/mol. The van der Waals surface area contributed by atoms with Crippen molar-refractivity contribution in [2.75, 3.05) is 6.61 Å². The van der Waals surface area contributed by atoms with Crippen molar-refractivity contribution in [3.05, 3.63) is 27.4 Å². The molecule has 3 N–H and O–H groups in total. The van der Waals surface area contributed by atoms with Crippen LogP contribution in [0, 0.1) is 11.2 Å². The number of rotatable bonds is 3. The van der Waals surface area contributed by atoms with Crippen LogP contribution >= 0.6 is 27.5 Å². The van der Waals surface area contributed by atoms with Gasteiger partial charge in [0.15, 0.2) is 0 Å². The maximum absolute atomic E-state index is 13.0. The van der Waals surface area contributed by atoms with E-state index in [4.69, 9.17) is 27.5 Å². The van der Waals surface area contributed by atoms with Gasteiger partial charge in [0.25, 0.3) is 0 Å². The second-order valence-electron chi connectivity index (χ2n) is 2.51. The van der Waals surface area contributed by atoms with Gasteiger partial charge < -0.3 is 10.5 Å². The number of benzene rings is 1. The highest BCUT2D eigenvalue weighted by molar-refractivity contribution is 9.10. The molecule has 3 nitrogen and oxygen atoms in total. The molecule has 0 atom stereocenters. The number of hydrogen-bond donors (Lipinski definition) is 2. The molecule has 76 valence electrons. The summed E-state index contributed by atoms with van der Waals surface area (Å²) in [4.78, 5) is 0. The van der Waals surface area contributed by atoms with E-state index >= 15 is 0 Å². The fraction of sp³-hybridized carbons (Fsp3) is 0.125. The first-order valence-corrected chi connectivity index (χ1v) is 4.78. The second-order valence-corrected chi connectivity index (χ2v) is 3.77. The molecule has 0 aliphatic heterocycles. The molecule has 0 fully saturated rings. The minimum absolute atomic E-state index is 0.00653. The van der Waals surface area contributed by atoms with Crippen LogP contribution < -0.4 is 10.5 Å². The summed E-state index contributed by atoms with van der Waals surface area (Å²) in [6.45, 7) is -0.0837. The standard InChI is InChI=1S/C8H7BrClFN2O/c9-4-1-5(10)6(11)2-7(4)14-3-8(12)13/h1-2H,3H2,(H3,12,13). The van der Waals surface area contributed by atoms with E-state index in [0.29, 0.717) is 4.47 Å². The van der Waals surface area contributed by atoms with Crippen molar-refractivity contribution in [1.82, 2.24) is 0 Å². The summed E-state index contributed by atoms with van der Waals surface area (Å²) in [5.41, 5.74) is 5.08. The minimum Gasteiger partial charge on any atom is -0.484 e. The lowest BCUT2D eigenvalue weighted by atomic mass is 10.3. The second kappa shape index (κ2) is 4.61. The third kappa shape index (κ3) is 2.85. The Kier molecular flexibility index (Phi) is 3.71. The van der Waals surface area contributed by atoms with Crippen molar-refractivity contribution in [3.63, 3.8) is 0 Å². The molecule has 14 heavy (non-hydrogen) atoms.